The maximum Gasteiger partial charge on any atom is 0.0285 e. The van der Waals surface area contributed by atoms with E-state index in [1.165, 1.54) is 54.3 Å². The minimum atomic E-state index is 0.429. The van der Waals surface area contributed by atoms with Crippen LogP contribution in [0.4, 0.5) is 0 Å². The molecule has 1 heterocycles. The average Bonchev–Trinajstić information content (AvgIpc) is 2.63. The highest BCUT2D eigenvalue weighted by Gasteiger charge is 2.18. The SMILES string of the molecule is NNC(Cc1cc(Br)cs1)CC1CCCCCC1. The molecule has 1 aromatic rings. The van der Waals surface area contributed by atoms with Crippen molar-refractivity contribution in [3.05, 3.63) is 20.8 Å². The van der Waals surface area contributed by atoms with Gasteiger partial charge in [0.2, 0.25) is 0 Å². The predicted molar refractivity (Wildman–Crippen MR) is 82.6 cm³/mol. The van der Waals surface area contributed by atoms with Crippen LogP contribution in [0.2, 0.25) is 0 Å². The molecule has 1 saturated carbocycles. The summed E-state index contributed by atoms with van der Waals surface area (Å²) in [5, 5.41) is 2.15. The van der Waals surface area contributed by atoms with Crippen molar-refractivity contribution in [1.82, 2.24) is 5.43 Å². The van der Waals surface area contributed by atoms with E-state index in [4.69, 9.17) is 5.84 Å². The Morgan fingerprint density at radius 1 is 1.33 bits per heavy atom. The number of rotatable bonds is 5. The molecule has 1 aliphatic carbocycles. The summed E-state index contributed by atoms with van der Waals surface area (Å²) in [5.74, 6) is 6.60. The normalized spacial score (nSPS) is 19.7. The van der Waals surface area contributed by atoms with Crippen molar-refractivity contribution in [2.75, 3.05) is 0 Å². The highest BCUT2D eigenvalue weighted by molar-refractivity contribution is 9.10. The minimum Gasteiger partial charge on any atom is -0.271 e. The van der Waals surface area contributed by atoms with Crippen LogP contribution >= 0.6 is 27.3 Å². The molecular weight excluding hydrogens is 308 g/mol. The summed E-state index contributed by atoms with van der Waals surface area (Å²) in [4.78, 5) is 1.42. The molecule has 1 fully saturated rings. The van der Waals surface area contributed by atoms with E-state index in [0.717, 1.165) is 12.3 Å². The Morgan fingerprint density at radius 2 is 2.06 bits per heavy atom. The van der Waals surface area contributed by atoms with Gasteiger partial charge in [-0.05, 0) is 40.8 Å². The summed E-state index contributed by atoms with van der Waals surface area (Å²) in [7, 11) is 0. The number of thiophene rings is 1. The van der Waals surface area contributed by atoms with E-state index in [1.54, 1.807) is 0 Å². The van der Waals surface area contributed by atoms with Crippen molar-refractivity contribution >= 4 is 27.3 Å². The van der Waals surface area contributed by atoms with Crippen LogP contribution in [0.25, 0.3) is 0 Å². The first-order chi connectivity index (χ1) is 8.78. The lowest BCUT2D eigenvalue weighted by Crippen LogP contribution is -2.38. The molecule has 1 atom stereocenters. The van der Waals surface area contributed by atoms with E-state index >= 15 is 0 Å². The van der Waals surface area contributed by atoms with Crippen LogP contribution < -0.4 is 11.3 Å². The second-order valence-corrected chi connectivity index (χ2v) is 7.30. The van der Waals surface area contributed by atoms with Gasteiger partial charge in [-0.25, -0.2) is 0 Å². The first-order valence-electron chi connectivity index (χ1n) is 6.97. The van der Waals surface area contributed by atoms with E-state index in [9.17, 15) is 0 Å². The number of nitrogens with two attached hydrogens (primary N) is 1. The van der Waals surface area contributed by atoms with E-state index < -0.39 is 0 Å². The number of hydrogen-bond donors (Lipinski definition) is 2. The molecule has 18 heavy (non-hydrogen) atoms. The Labute approximate surface area is 122 Å². The Morgan fingerprint density at radius 3 is 2.61 bits per heavy atom. The fourth-order valence-electron chi connectivity index (χ4n) is 2.92. The number of nitrogens with one attached hydrogen (secondary N) is 1. The molecular formula is C14H23BrN2S. The molecule has 0 saturated heterocycles. The van der Waals surface area contributed by atoms with Gasteiger partial charge >= 0.3 is 0 Å². The van der Waals surface area contributed by atoms with Crippen LogP contribution in [0.5, 0.6) is 0 Å². The van der Waals surface area contributed by atoms with Crippen LogP contribution in [-0.2, 0) is 6.42 Å². The van der Waals surface area contributed by atoms with Crippen molar-refractivity contribution < 1.29 is 0 Å². The van der Waals surface area contributed by atoms with Gasteiger partial charge in [0, 0.05) is 20.8 Å². The summed E-state index contributed by atoms with van der Waals surface area (Å²) in [6, 6.07) is 2.64. The zero-order valence-electron chi connectivity index (χ0n) is 10.8. The lowest BCUT2D eigenvalue weighted by Gasteiger charge is -2.21. The Balaban J connectivity index is 1.84. The van der Waals surface area contributed by atoms with Crippen molar-refractivity contribution in [3.63, 3.8) is 0 Å². The van der Waals surface area contributed by atoms with Gasteiger partial charge < -0.3 is 0 Å². The molecule has 2 nitrogen and oxygen atoms in total. The van der Waals surface area contributed by atoms with Gasteiger partial charge in [0.15, 0.2) is 0 Å². The maximum absolute atomic E-state index is 5.73. The Kier molecular flexibility index (Phi) is 6.15. The highest BCUT2D eigenvalue weighted by atomic mass is 79.9. The molecule has 0 aliphatic heterocycles. The van der Waals surface area contributed by atoms with Gasteiger partial charge in [0.05, 0.1) is 0 Å². The first-order valence-corrected chi connectivity index (χ1v) is 8.64. The van der Waals surface area contributed by atoms with Gasteiger partial charge in [0.1, 0.15) is 0 Å². The summed E-state index contributed by atoms with van der Waals surface area (Å²) >= 11 is 5.33. The lowest BCUT2D eigenvalue weighted by atomic mass is 9.91. The van der Waals surface area contributed by atoms with E-state index in [0.29, 0.717) is 6.04 Å². The molecule has 0 spiro atoms. The smallest absolute Gasteiger partial charge is 0.0285 e. The molecule has 0 radical (unpaired) electrons. The fourth-order valence-corrected chi connectivity index (χ4v) is 4.45. The third-order valence-electron chi connectivity index (χ3n) is 3.90. The van der Waals surface area contributed by atoms with Crippen LogP contribution in [0.1, 0.15) is 49.8 Å². The van der Waals surface area contributed by atoms with Gasteiger partial charge in [-0.3, -0.25) is 11.3 Å². The van der Waals surface area contributed by atoms with Crippen LogP contribution in [0.15, 0.2) is 15.9 Å². The molecule has 3 N–H and O–H groups in total. The molecule has 1 unspecified atom stereocenters. The molecule has 0 amide bonds. The van der Waals surface area contributed by atoms with Gasteiger partial charge in [0.25, 0.3) is 0 Å². The zero-order valence-corrected chi connectivity index (χ0v) is 13.2. The quantitative estimate of drug-likeness (QED) is 0.481. The second-order valence-electron chi connectivity index (χ2n) is 5.39. The Bertz CT molecular complexity index is 345. The van der Waals surface area contributed by atoms with Crippen LogP contribution in [-0.4, -0.2) is 6.04 Å². The van der Waals surface area contributed by atoms with E-state index in [-0.39, 0.29) is 0 Å². The second kappa shape index (κ2) is 7.63. The average molecular weight is 331 g/mol. The summed E-state index contributed by atoms with van der Waals surface area (Å²) < 4.78 is 1.19. The first kappa shape index (κ1) is 14.5. The summed E-state index contributed by atoms with van der Waals surface area (Å²) in [5.41, 5.74) is 3.02. The van der Waals surface area contributed by atoms with Crippen LogP contribution in [0.3, 0.4) is 0 Å². The van der Waals surface area contributed by atoms with Crippen molar-refractivity contribution in [1.29, 1.82) is 0 Å². The fraction of sp³-hybridized carbons (Fsp3) is 0.714. The van der Waals surface area contributed by atoms with Gasteiger partial charge in [-0.1, -0.05) is 38.5 Å². The Hall–Kier alpha value is 0.1000. The number of hydrazine groups is 1. The molecule has 1 aromatic heterocycles. The highest BCUT2D eigenvalue weighted by Crippen LogP contribution is 2.28. The molecule has 4 heteroatoms. The van der Waals surface area contributed by atoms with Gasteiger partial charge in [-0.15, -0.1) is 11.3 Å². The number of hydrogen-bond acceptors (Lipinski definition) is 3. The third-order valence-corrected chi connectivity index (χ3v) is 5.62. The van der Waals surface area contributed by atoms with Crippen LogP contribution in [0, 0.1) is 5.92 Å². The van der Waals surface area contributed by atoms with Crippen molar-refractivity contribution in [3.8, 4) is 0 Å². The predicted octanol–water partition coefficient (Wildman–Crippen LogP) is 4.25. The molecule has 0 aromatic carbocycles. The summed E-state index contributed by atoms with van der Waals surface area (Å²) in [6.45, 7) is 0. The zero-order chi connectivity index (χ0) is 12.8. The third kappa shape index (κ3) is 4.65. The molecule has 0 bridgehead atoms. The van der Waals surface area contributed by atoms with Crippen molar-refractivity contribution in [2.45, 2.75) is 57.4 Å². The monoisotopic (exact) mass is 330 g/mol. The van der Waals surface area contributed by atoms with E-state index in [1.807, 2.05) is 11.3 Å². The lowest BCUT2D eigenvalue weighted by molar-refractivity contribution is 0.353. The van der Waals surface area contributed by atoms with Crippen molar-refractivity contribution in [2.24, 2.45) is 11.8 Å². The molecule has 2 rings (SSSR count). The van der Waals surface area contributed by atoms with Gasteiger partial charge in [-0.2, -0.15) is 0 Å². The standard InChI is InChI=1S/C14H23BrN2S/c15-12-8-14(18-10-12)9-13(17-16)7-11-5-3-1-2-4-6-11/h8,10-11,13,17H,1-7,9,16H2. The summed E-state index contributed by atoms with van der Waals surface area (Å²) in [6.07, 6.45) is 10.7. The largest absolute Gasteiger partial charge is 0.271 e. The van der Waals surface area contributed by atoms with E-state index in [2.05, 4.69) is 32.8 Å². The number of halogens is 1. The topological polar surface area (TPSA) is 38.0 Å². The maximum atomic E-state index is 5.73. The molecule has 102 valence electrons. The molecule has 1 aliphatic rings. The minimum absolute atomic E-state index is 0.429.